The average molecular weight is 285 g/mol. The van der Waals surface area contributed by atoms with Crippen molar-refractivity contribution in [3.8, 4) is 0 Å². The molecule has 0 spiro atoms. The highest BCUT2D eigenvalue weighted by atomic mass is 14.9. The number of aromatic nitrogens is 1. The third-order valence-corrected chi connectivity index (χ3v) is 3.88. The molecule has 3 nitrogen and oxygen atoms in total. The van der Waals surface area contributed by atoms with Crippen molar-refractivity contribution in [1.82, 2.24) is 4.98 Å². The van der Waals surface area contributed by atoms with Crippen LogP contribution in [0.3, 0.4) is 0 Å². The monoisotopic (exact) mass is 285 g/mol. The van der Waals surface area contributed by atoms with Crippen molar-refractivity contribution in [3.63, 3.8) is 0 Å². The van der Waals surface area contributed by atoms with E-state index in [0.717, 1.165) is 28.0 Å². The highest BCUT2D eigenvalue weighted by Crippen LogP contribution is 2.31. The lowest BCUT2D eigenvalue weighted by Crippen LogP contribution is -1.95. The zero-order chi connectivity index (χ0) is 14.9. The van der Waals surface area contributed by atoms with Gasteiger partial charge in [0, 0.05) is 45.0 Å². The lowest BCUT2D eigenvalue weighted by atomic mass is 10.1. The van der Waals surface area contributed by atoms with E-state index in [2.05, 4.69) is 28.5 Å². The summed E-state index contributed by atoms with van der Waals surface area (Å²) in [6.45, 7) is 0. The van der Waals surface area contributed by atoms with E-state index in [0.29, 0.717) is 0 Å². The first kappa shape index (κ1) is 12.7. The van der Waals surface area contributed by atoms with Crippen LogP contribution in [-0.2, 0) is 0 Å². The van der Waals surface area contributed by atoms with Gasteiger partial charge in [-0.2, -0.15) is 0 Å². The molecule has 1 aromatic heterocycles. The summed E-state index contributed by atoms with van der Waals surface area (Å²) in [6, 6.07) is 22.4. The highest BCUT2D eigenvalue weighted by molar-refractivity contribution is 6.10. The van der Waals surface area contributed by atoms with Gasteiger partial charge in [-0.15, -0.1) is 0 Å². The van der Waals surface area contributed by atoms with Crippen molar-refractivity contribution in [2.75, 3.05) is 5.32 Å². The Hall–Kier alpha value is -3.07. The fourth-order valence-electron chi connectivity index (χ4n) is 2.82. The maximum Gasteiger partial charge on any atom is 0.0480 e. The lowest BCUT2D eigenvalue weighted by Gasteiger charge is -2.10. The Bertz CT molecular complexity index is 968. The minimum atomic E-state index is 0.864. The Morgan fingerprint density at radius 1 is 0.818 bits per heavy atom. The number of hydrogen-bond donors (Lipinski definition) is 3. The Balaban J connectivity index is 1.92. The van der Waals surface area contributed by atoms with Crippen LogP contribution in [-0.4, -0.2) is 11.2 Å². The number of rotatable bonds is 3. The predicted molar refractivity (Wildman–Crippen MR) is 93.4 cm³/mol. The summed E-state index contributed by atoms with van der Waals surface area (Å²) in [4.78, 5) is 3.41. The van der Waals surface area contributed by atoms with Gasteiger partial charge in [0.15, 0.2) is 0 Å². The van der Waals surface area contributed by atoms with Gasteiger partial charge in [0.25, 0.3) is 0 Å². The predicted octanol–water partition coefficient (Wildman–Crippen LogP) is 5.06. The largest absolute Gasteiger partial charge is 0.355 e. The normalized spacial score (nSPS) is 10.9. The van der Waals surface area contributed by atoms with Crippen molar-refractivity contribution >= 4 is 39.4 Å². The lowest BCUT2D eigenvalue weighted by molar-refractivity contribution is 1.50. The van der Waals surface area contributed by atoms with Crippen molar-refractivity contribution in [2.24, 2.45) is 0 Å². The first-order chi connectivity index (χ1) is 10.8. The summed E-state index contributed by atoms with van der Waals surface area (Å²) >= 11 is 0. The molecule has 0 saturated carbocycles. The Morgan fingerprint density at radius 3 is 2.41 bits per heavy atom. The Labute approximate surface area is 128 Å². The molecule has 0 fully saturated rings. The number of fused-ring (bicyclic) bond motifs is 3. The van der Waals surface area contributed by atoms with Crippen LogP contribution < -0.4 is 5.32 Å². The van der Waals surface area contributed by atoms with E-state index in [1.165, 1.54) is 17.0 Å². The number of nitrogens with one attached hydrogen (secondary N) is 3. The minimum Gasteiger partial charge on any atom is -0.355 e. The maximum atomic E-state index is 7.68. The van der Waals surface area contributed by atoms with Crippen LogP contribution in [0.2, 0.25) is 0 Å². The van der Waals surface area contributed by atoms with E-state index < -0.39 is 0 Å². The van der Waals surface area contributed by atoms with E-state index in [1.807, 2.05) is 48.5 Å². The summed E-state index contributed by atoms with van der Waals surface area (Å²) in [6.07, 6.45) is 1.39. The molecule has 22 heavy (non-hydrogen) atoms. The first-order valence-corrected chi connectivity index (χ1v) is 7.22. The molecule has 3 heteroatoms. The van der Waals surface area contributed by atoms with Gasteiger partial charge in [-0.1, -0.05) is 36.4 Å². The van der Waals surface area contributed by atoms with E-state index in [4.69, 9.17) is 5.41 Å². The number of H-pyrrole nitrogens is 1. The van der Waals surface area contributed by atoms with Gasteiger partial charge < -0.3 is 15.7 Å². The second kappa shape index (κ2) is 5.04. The van der Waals surface area contributed by atoms with Crippen molar-refractivity contribution < 1.29 is 0 Å². The molecule has 4 rings (SSSR count). The Kier molecular flexibility index (Phi) is 2.90. The van der Waals surface area contributed by atoms with E-state index in [-0.39, 0.29) is 0 Å². The first-order valence-electron chi connectivity index (χ1n) is 7.22. The van der Waals surface area contributed by atoms with Crippen LogP contribution in [0.25, 0.3) is 21.8 Å². The number of aromatic amines is 1. The van der Waals surface area contributed by atoms with Gasteiger partial charge in [0.1, 0.15) is 0 Å². The van der Waals surface area contributed by atoms with Gasteiger partial charge in [-0.3, -0.25) is 0 Å². The van der Waals surface area contributed by atoms with Gasteiger partial charge in [0.2, 0.25) is 0 Å². The topological polar surface area (TPSA) is 51.7 Å². The molecular formula is C19H15N3. The van der Waals surface area contributed by atoms with Crippen molar-refractivity contribution in [1.29, 1.82) is 5.41 Å². The highest BCUT2D eigenvalue weighted by Gasteiger charge is 2.08. The molecule has 0 atom stereocenters. The van der Waals surface area contributed by atoms with Gasteiger partial charge in [-0.25, -0.2) is 0 Å². The fraction of sp³-hybridized carbons (Fsp3) is 0. The van der Waals surface area contributed by atoms with E-state index >= 15 is 0 Å². The van der Waals surface area contributed by atoms with Crippen LogP contribution in [0.5, 0.6) is 0 Å². The molecule has 0 aliphatic heterocycles. The van der Waals surface area contributed by atoms with Crippen molar-refractivity contribution in [3.05, 3.63) is 72.3 Å². The molecule has 0 aliphatic carbocycles. The van der Waals surface area contributed by atoms with E-state index in [9.17, 15) is 0 Å². The Morgan fingerprint density at radius 2 is 1.59 bits per heavy atom. The summed E-state index contributed by atoms with van der Waals surface area (Å²) in [5.41, 5.74) is 5.00. The van der Waals surface area contributed by atoms with Gasteiger partial charge >= 0.3 is 0 Å². The van der Waals surface area contributed by atoms with Crippen LogP contribution in [0.15, 0.2) is 66.7 Å². The van der Waals surface area contributed by atoms with E-state index in [1.54, 1.807) is 0 Å². The molecular weight excluding hydrogens is 270 g/mol. The molecule has 0 saturated heterocycles. The third-order valence-electron chi connectivity index (χ3n) is 3.88. The van der Waals surface area contributed by atoms with Gasteiger partial charge in [0.05, 0.1) is 0 Å². The SMILES string of the molecule is N=Cc1cc2[nH]c3ccccc3c2cc1Nc1ccccc1. The fourth-order valence-corrected chi connectivity index (χ4v) is 2.82. The summed E-state index contributed by atoms with van der Waals surface area (Å²) in [5, 5.41) is 13.5. The average Bonchev–Trinajstić information content (AvgIpc) is 2.93. The molecule has 3 N–H and O–H groups in total. The second-order valence-corrected chi connectivity index (χ2v) is 5.29. The van der Waals surface area contributed by atoms with Gasteiger partial charge in [-0.05, 0) is 30.3 Å². The smallest absolute Gasteiger partial charge is 0.0480 e. The number of hydrogen-bond acceptors (Lipinski definition) is 2. The number of anilines is 2. The quantitative estimate of drug-likeness (QED) is 0.453. The summed E-state index contributed by atoms with van der Waals surface area (Å²) in [7, 11) is 0. The number of benzene rings is 3. The second-order valence-electron chi connectivity index (χ2n) is 5.29. The molecule has 0 aliphatic rings. The van der Waals surface area contributed by atoms with Crippen LogP contribution >= 0.6 is 0 Å². The third kappa shape index (κ3) is 2.04. The van der Waals surface area contributed by atoms with Crippen molar-refractivity contribution in [2.45, 2.75) is 0 Å². The number of para-hydroxylation sites is 2. The molecule has 0 amide bonds. The molecule has 106 valence electrons. The molecule has 4 aromatic rings. The minimum absolute atomic E-state index is 0.864. The summed E-state index contributed by atoms with van der Waals surface area (Å²) in [5.74, 6) is 0. The molecule has 1 heterocycles. The zero-order valence-corrected chi connectivity index (χ0v) is 11.9. The summed E-state index contributed by atoms with van der Waals surface area (Å²) < 4.78 is 0. The van der Waals surface area contributed by atoms with Crippen LogP contribution in [0.4, 0.5) is 11.4 Å². The standard InChI is InChI=1S/C19H15N3/c20-12-13-10-19-16(15-8-4-5-9-17(15)22-19)11-18(13)21-14-6-2-1-3-7-14/h1-12,20-22H. The maximum absolute atomic E-state index is 7.68. The van der Waals surface area contributed by atoms with Crippen LogP contribution in [0.1, 0.15) is 5.56 Å². The zero-order valence-electron chi connectivity index (χ0n) is 11.9. The molecule has 3 aromatic carbocycles. The molecule has 0 bridgehead atoms. The molecule has 0 unspecified atom stereocenters. The van der Waals surface area contributed by atoms with Crippen LogP contribution in [0, 0.1) is 5.41 Å². The molecule has 0 radical (unpaired) electrons.